The zero-order valence-electron chi connectivity index (χ0n) is 22.9. The van der Waals surface area contributed by atoms with Crippen LogP contribution in [0.5, 0.6) is 0 Å². The molecule has 2 atom stereocenters. The highest BCUT2D eigenvalue weighted by molar-refractivity contribution is 6.08. The van der Waals surface area contributed by atoms with Crippen LogP contribution in [0.3, 0.4) is 0 Å². The molecule has 0 spiro atoms. The molecule has 0 bridgehead atoms. The van der Waals surface area contributed by atoms with Gasteiger partial charge in [-0.3, -0.25) is 14.9 Å². The third kappa shape index (κ3) is 8.44. The Morgan fingerprint density at radius 3 is 2.07 bits per heavy atom. The molecule has 1 saturated carbocycles. The third-order valence-corrected chi connectivity index (χ3v) is 6.51. The van der Waals surface area contributed by atoms with Crippen LogP contribution in [-0.4, -0.2) is 52.4 Å². The number of furan rings is 1. The number of carboxylic acids is 1. The number of alkyl halides is 7. The van der Waals surface area contributed by atoms with Crippen molar-refractivity contribution in [2.45, 2.75) is 75.7 Å². The lowest BCUT2D eigenvalue weighted by atomic mass is 9.96. The van der Waals surface area contributed by atoms with Gasteiger partial charge in [0, 0.05) is 22.8 Å². The van der Waals surface area contributed by atoms with Crippen LogP contribution in [0.25, 0.3) is 21.9 Å². The first-order valence-corrected chi connectivity index (χ1v) is 12.7. The second-order valence-electron chi connectivity index (χ2n) is 10.7. The maximum atomic E-state index is 14.5. The molecule has 43 heavy (non-hydrogen) atoms. The molecule has 3 N–H and O–H groups in total. The minimum atomic E-state index is -5.08. The van der Waals surface area contributed by atoms with Gasteiger partial charge in [-0.15, -0.1) is 0 Å². The van der Waals surface area contributed by atoms with E-state index in [0.29, 0.717) is 34.8 Å². The normalized spacial score (nSPS) is 16.0. The van der Waals surface area contributed by atoms with Crippen LogP contribution in [0.2, 0.25) is 0 Å². The van der Waals surface area contributed by atoms with Gasteiger partial charge >= 0.3 is 18.3 Å². The summed E-state index contributed by atoms with van der Waals surface area (Å²) in [6, 6.07) is 6.81. The first kappa shape index (κ1) is 33.3. The van der Waals surface area contributed by atoms with Crippen molar-refractivity contribution in [3.63, 3.8) is 0 Å². The van der Waals surface area contributed by atoms with Crippen LogP contribution in [0.4, 0.5) is 30.7 Å². The molecule has 0 aliphatic heterocycles. The highest BCUT2D eigenvalue weighted by Crippen LogP contribution is 2.38. The average Bonchev–Trinajstić information content (AvgIpc) is 3.55. The molecular formula is C28H26F7N3O5. The van der Waals surface area contributed by atoms with Crippen molar-refractivity contribution in [1.29, 1.82) is 5.26 Å². The fraction of sp³-hybridized carbons (Fsp3) is 0.429. The largest absolute Gasteiger partial charge is 0.490 e. The molecule has 3 aromatic rings. The van der Waals surface area contributed by atoms with Crippen molar-refractivity contribution in [2.24, 2.45) is 0 Å². The first-order valence-electron chi connectivity index (χ1n) is 12.7. The highest BCUT2D eigenvalue weighted by Gasteiger charge is 2.48. The average molecular weight is 618 g/mol. The zero-order valence-corrected chi connectivity index (χ0v) is 22.9. The van der Waals surface area contributed by atoms with Gasteiger partial charge in [-0.25, -0.2) is 9.18 Å². The van der Waals surface area contributed by atoms with Gasteiger partial charge in [-0.2, -0.15) is 31.6 Å². The Bertz CT molecular complexity index is 1580. The number of aliphatic carboxylic acids is 1. The lowest BCUT2D eigenvalue weighted by molar-refractivity contribution is -0.192. The number of fused-ring (bicyclic) bond motifs is 3. The fourth-order valence-electron chi connectivity index (χ4n) is 4.20. The number of carbonyl (C=O) groups is 3. The molecule has 1 aromatic heterocycles. The second-order valence-corrected chi connectivity index (χ2v) is 10.7. The molecule has 0 saturated heterocycles. The molecule has 1 aliphatic carbocycles. The predicted molar refractivity (Wildman–Crippen MR) is 139 cm³/mol. The van der Waals surface area contributed by atoms with Crippen LogP contribution in [0.1, 0.15) is 62.0 Å². The van der Waals surface area contributed by atoms with Gasteiger partial charge in [0.1, 0.15) is 28.4 Å². The quantitative estimate of drug-likeness (QED) is 0.200. The summed E-state index contributed by atoms with van der Waals surface area (Å²) in [5.41, 5.74) is -2.27. The molecule has 2 unspecified atom stereocenters. The monoisotopic (exact) mass is 617 g/mol. The van der Waals surface area contributed by atoms with Crippen molar-refractivity contribution in [1.82, 2.24) is 10.6 Å². The van der Waals surface area contributed by atoms with E-state index in [2.05, 4.69) is 10.6 Å². The topological polar surface area (TPSA) is 132 Å². The summed E-state index contributed by atoms with van der Waals surface area (Å²) in [4.78, 5) is 33.5. The molecule has 1 aliphatic rings. The van der Waals surface area contributed by atoms with Gasteiger partial charge in [-0.05, 0) is 63.4 Å². The molecule has 1 heterocycles. The summed E-state index contributed by atoms with van der Waals surface area (Å²) >= 11 is 0. The summed E-state index contributed by atoms with van der Waals surface area (Å²) in [5, 5.41) is 22.2. The molecule has 0 radical (unpaired) electrons. The maximum absolute atomic E-state index is 14.5. The number of hydrogen-bond acceptors (Lipinski definition) is 6. The van der Waals surface area contributed by atoms with Crippen LogP contribution in [0, 0.1) is 11.3 Å². The van der Waals surface area contributed by atoms with E-state index in [1.165, 1.54) is 39.0 Å². The number of Topliss-reactive ketones (excluding diaryl/α,β-unsaturated/α-hetero) is 1. The number of halogens is 7. The van der Waals surface area contributed by atoms with Crippen LogP contribution in [-0.2, 0) is 9.59 Å². The van der Waals surface area contributed by atoms with E-state index in [9.17, 15) is 45.6 Å². The minimum absolute atomic E-state index is 0.159. The van der Waals surface area contributed by atoms with Gasteiger partial charge in [0.05, 0.1) is 12.1 Å². The van der Waals surface area contributed by atoms with Crippen molar-refractivity contribution in [3.8, 4) is 6.07 Å². The number of carboxylic acid groups (broad SMARTS) is 1. The standard InChI is InChI=1S/C26H25F4N3O3.C2HF3O2/c1-14(34)15-5-7-20-18(10-15)17-6-4-16(11-21(17)36-20)22(26(28,29)30)32-19(12-24(2,3)27)23(35)33-25(13-31)8-9-25;3-2(4,5)1(6)7/h4-7,10-11,19,22,32H,8-9,12H2,1-3H3,(H,33,35);(H,6,7). The molecule has 1 fully saturated rings. The van der Waals surface area contributed by atoms with Gasteiger partial charge in [0.2, 0.25) is 5.91 Å². The summed E-state index contributed by atoms with van der Waals surface area (Å²) in [7, 11) is 0. The van der Waals surface area contributed by atoms with Crippen LogP contribution < -0.4 is 10.6 Å². The Kier molecular flexibility index (Phi) is 9.16. The van der Waals surface area contributed by atoms with Gasteiger partial charge in [0.25, 0.3) is 0 Å². The number of ketones is 1. The number of carbonyl (C=O) groups excluding carboxylic acids is 2. The SMILES string of the molecule is CC(=O)c1ccc2oc3cc(C(NC(CC(C)(C)F)C(=O)NC4(C#N)CC4)C(F)(F)F)ccc3c2c1.O=C(O)C(F)(F)F. The minimum Gasteiger partial charge on any atom is -0.475 e. The predicted octanol–water partition coefficient (Wildman–Crippen LogP) is 6.29. The Labute approximate surface area is 239 Å². The Morgan fingerprint density at radius 1 is 1.00 bits per heavy atom. The van der Waals surface area contributed by atoms with Gasteiger partial charge in [-0.1, -0.05) is 12.1 Å². The van der Waals surface area contributed by atoms with Crippen molar-refractivity contribution < 1.29 is 54.6 Å². The molecule has 15 heteroatoms. The van der Waals surface area contributed by atoms with E-state index in [1.807, 2.05) is 6.07 Å². The molecule has 4 rings (SSSR count). The van der Waals surface area contributed by atoms with Crippen molar-refractivity contribution in [2.75, 3.05) is 0 Å². The fourth-order valence-corrected chi connectivity index (χ4v) is 4.20. The Morgan fingerprint density at radius 2 is 1.60 bits per heavy atom. The first-order chi connectivity index (χ1) is 19.7. The zero-order chi connectivity index (χ0) is 32.5. The van der Waals surface area contributed by atoms with E-state index < -0.39 is 53.9 Å². The van der Waals surface area contributed by atoms with E-state index in [4.69, 9.17) is 14.3 Å². The number of nitrogens with zero attached hydrogens (tertiary/aromatic N) is 1. The second kappa shape index (κ2) is 11.8. The van der Waals surface area contributed by atoms with E-state index in [0.717, 1.165) is 0 Å². The van der Waals surface area contributed by atoms with Crippen LogP contribution in [0.15, 0.2) is 40.8 Å². The number of hydrogen-bond donors (Lipinski definition) is 3. The Hall–Kier alpha value is -4.19. The lowest BCUT2D eigenvalue weighted by Gasteiger charge is -2.30. The third-order valence-electron chi connectivity index (χ3n) is 6.51. The number of nitriles is 1. The maximum Gasteiger partial charge on any atom is 0.490 e. The Balaban J connectivity index is 0.000000646. The smallest absolute Gasteiger partial charge is 0.475 e. The van der Waals surface area contributed by atoms with E-state index >= 15 is 0 Å². The number of amides is 1. The summed E-state index contributed by atoms with van der Waals surface area (Å²) in [6.45, 7) is 3.75. The number of nitrogens with one attached hydrogen (secondary N) is 2. The van der Waals surface area contributed by atoms with Crippen LogP contribution >= 0.6 is 0 Å². The van der Waals surface area contributed by atoms with Crippen molar-refractivity contribution >= 4 is 39.6 Å². The highest BCUT2D eigenvalue weighted by atomic mass is 19.4. The summed E-state index contributed by atoms with van der Waals surface area (Å²) in [5.74, 6) is -3.78. The number of benzene rings is 2. The van der Waals surface area contributed by atoms with Gasteiger partial charge < -0.3 is 14.8 Å². The molecular weight excluding hydrogens is 591 g/mol. The molecule has 1 amide bonds. The van der Waals surface area contributed by atoms with E-state index in [1.54, 1.807) is 18.2 Å². The number of rotatable bonds is 8. The van der Waals surface area contributed by atoms with E-state index in [-0.39, 0.29) is 16.9 Å². The lowest BCUT2D eigenvalue weighted by Crippen LogP contribution is -2.53. The summed E-state index contributed by atoms with van der Waals surface area (Å²) in [6.07, 6.45) is -9.67. The molecule has 232 valence electrons. The molecule has 2 aromatic carbocycles. The summed E-state index contributed by atoms with van der Waals surface area (Å²) < 4.78 is 94.6. The van der Waals surface area contributed by atoms with Crippen molar-refractivity contribution in [3.05, 3.63) is 47.5 Å². The molecule has 8 nitrogen and oxygen atoms in total. The van der Waals surface area contributed by atoms with Gasteiger partial charge in [0.15, 0.2) is 5.78 Å².